The summed E-state index contributed by atoms with van der Waals surface area (Å²) in [6.07, 6.45) is 0. The van der Waals surface area contributed by atoms with Gasteiger partial charge in [0.25, 0.3) is 11.7 Å². The SMILES string of the molecule is O=C1C(=O)N(c2ccc3c(c2)OCO3)C(c2cccs2)/C1=C(/O)c1ccc2c(c1)OCO2. The Balaban J connectivity index is 1.51. The molecule has 1 unspecified atom stereocenters. The summed E-state index contributed by atoms with van der Waals surface area (Å²) in [6.45, 7) is 0.180. The topological polar surface area (TPSA) is 94.5 Å². The van der Waals surface area contributed by atoms with Crippen molar-refractivity contribution in [2.75, 3.05) is 18.5 Å². The van der Waals surface area contributed by atoms with Crippen molar-refractivity contribution in [2.24, 2.45) is 0 Å². The first kappa shape index (κ1) is 18.8. The summed E-state index contributed by atoms with van der Waals surface area (Å²) >= 11 is 1.39. The number of hydrogen-bond donors (Lipinski definition) is 1. The highest BCUT2D eigenvalue weighted by atomic mass is 32.1. The molecule has 0 saturated carbocycles. The zero-order valence-electron chi connectivity index (χ0n) is 16.4. The third kappa shape index (κ3) is 2.75. The number of nitrogens with zero attached hydrogens (tertiary/aromatic N) is 1. The van der Waals surface area contributed by atoms with Crippen molar-refractivity contribution in [3.8, 4) is 23.0 Å². The maximum absolute atomic E-state index is 13.2. The second-order valence-corrected chi connectivity index (χ2v) is 8.27. The van der Waals surface area contributed by atoms with Crippen LogP contribution in [0.2, 0.25) is 0 Å². The maximum atomic E-state index is 13.2. The van der Waals surface area contributed by atoms with Gasteiger partial charge < -0.3 is 24.1 Å². The highest BCUT2D eigenvalue weighted by Gasteiger charge is 2.47. The molecule has 0 aliphatic carbocycles. The van der Waals surface area contributed by atoms with Crippen molar-refractivity contribution >= 4 is 34.5 Å². The van der Waals surface area contributed by atoms with Gasteiger partial charge in [0.15, 0.2) is 23.0 Å². The second-order valence-electron chi connectivity index (χ2n) is 7.29. The number of carbonyl (C=O) groups is 2. The lowest BCUT2D eigenvalue weighted by molar-refractivity contribution is -0.132. The van der Waals surface area contributed by atoms with Gasteiger partial charge in [0, 0.05) is 22.2 Å². The van der Waals surface area contributed by atoms with Crippen molar-refractivity contribution in [2.45, 2.75) is 6.04 Å². The number of amides is 1. The molecular weight excluding hydrogens is 434 g/mol. The Hall–Kier alpha value is -3.98. The average molecular weight is 449 g/mol. The molecule has 1 atom stereocenters. The molecule has 1 aromatic heterocycles. The van der Waals surface area contributed by atoms with Gasteiger partial charge in [-0.25, -0.2) is 0 Å². The maximum Gasteiger partial charge on any atom is 0.300 e. The summed E-state index contributed by atoms with van der Waals surface area (Å²) in [4.78, 5) is 28.4. The molecule has 32 heavy (non-hydrogen) atoms. The molecule has 0 radical (unpaired) electrons. The van der Waals surface area contributed by atoms with Crippen LogP contribution in [0.3, 0.4) is 0 Å². The van der Waals surface area contributed by atoms with E-state index < -0.39 is 17.7 Å². The predicted molar refractivity (Wildman–Crippen MR) is 114 cm³/mol. The van der Waals surface area contributed by atoms with E-state index in [0.29, 0.717) is 34.2 Å². The molecule has 6 rings (SSSR count). The molecule has 4 heterocycles. The number of ether oxygens (including phenoxy) is 4. The van der Waals surface area contributed by atoms with Crippen LogP contribution in [0.25, 0.3) is 5.76 Å². The van der Waals surface area contributed by atoms with Crippen LogP contribution >= 0.6 is 11.3 Å². The first-order valence-corrected chi connectivity index (χ1v) is 10.6. The molecule has 0 spiro atoms. The van der Waals surface area contributed by atoms with Crippen LogP contribution in [-0.4, -0.2) is 30.4 Å². The summed E-state index contributed by atoms with van der Waals surface area (Å²) in [7, 11) is 0. The van der Waals surface area contributed by atoms with Crippen molar-refractivity contribution < 1.29 is 33.6 Å². The Labute approximate surface area is 185 Å². The standard InChI is InChI=1S/C23H15NO7S/c25-21(12-3-5-14-16(8-12)30-10-28-14)19-20(18-2-1-7-32-18)24(23(27)22(19)26)13-4-6-15-17(9-13)31-11-29-15/h1-9,20,25H,10-11H2/b21-19-. The Morgan fingerprint density at radius 3 is 2.31 bits per heavy atom. The number of anilines is 1. The minimum atomic E-state index is -0.791. The number of fused-ring (bicyclic) bond motifs is 2. The van der Waals surface area contributed by atoms with Crippen molar-refractivity contribution in [1.29, 1.82) is 0 Å². The van der Waals surface area contributed by atoms with Gasteiger partial charge in [-0.2, -0.15) is 0 Å². The molecule has 1 saturated heterocycles. The number of hydrogen-bond acceptors (Lipinski definition) is 8. The lowest BCUT2D eigenvalue weighted by Gasteiger charge is -2.24. The van der Waals surface area contributed by atoms with Crippen LogP contribution in [0, 0.1) is 0 Å². The van der Waals surface area contributed by atoms with Crippen LogP contribution in [0.4, 0.5) is 5.69 Å². The molecule has 9 heteroatoms. The van der Waals surface area contributed by atoms with Gasteiger partial charge in [-0.15, -0.1) is 11.3 Å². The number of aliphatic hydroxyl groups excluding tert-OH is 1. The van der Waals surface area contributed by atoms with E-state index in [1.165, 1.54) is 16.2 Å². The van der Waals surface area contributed by atoms with Crippen LogP contribution in [0.1, 0.15) is 16.5 Å². The molecule has 1 amide bonds. The summed E-state index contributed by atoms with van der Waals surface area (Å²) in [6, 6.07) is 12.8. The molecule has 3 aliphatic heterocycles. The van der Waals surface area contributed by atoms with Crippen LogP contribution in [0.15, 0.2) is 59.5 Å². The lowest BCUT2D eigenvalue weighted by Crippen LogP contribution is -2.29. The fraction of sp³-hybridized carbons (Fsp3) is 0.130. The van der Waals surface area contributed by atoms with E-state index in [1.807, 2.05) is 17.5 Å². The molecular formula is C23H15NO7S. The number of benzene rings is 2. The number of thiophene rings is 1. The Kier molecular flexibility index (Phi) is 4.12. The van der Waals surface area contributed by atoms with E-state index in [1.54, 1.807) is 36.4 Å². The Morgan fingerprint density at radius 2 is 1.59 bits per heavy atom. The Bertz CT molecular complexity index is 1300. The summed E-state index contributed by atoms with van der Waals surface area (Å²) in [5.41, 5.74) is 0.841. The number of ketones is 1. The van der Waals surface area contributed by atoms with Gasteiger partial charge in [0.1, 0.15) is 11.8 Å². The van der Waals surface area contributed by atoms with E-state index in [4.69, 9.17) is 18.9 Å². The third-order valence-corrected chi connectivity index (χ3v) is 6.46. The largest absolute Gasteiger partial charge is 0.507 e. The first-order valence-electron chi connectivity index (χ1n) is 9.76. The summed E-state index contributed by atoms with van der Waals surface area (Å²) in [5, 5.41) is 13.0. The minimum absolute atomic E-state index is 0.00832. The molecule has 1 fully saturated rings. The van der Waals surface area contributed by atoms with E-state index in [-0.39, 0.29) is 24.9 Å². The van der Waals surface area contributed by atoms with Crippen molar-refractivity contribution in [1.82, 2.24) is 0 Å². The van der Waals surface area contributed by atoms with Gasteiger partial charge in [0.2, 0.25) is 13.6 Å². The third-order valence-electron chi connectivity index (χ3n) is 5.54. The second kappa shape index (κ2) is 7.03. The fourth-order valence-electron chi connectivity index (χ4n) is 4.05. The number of aliphatic hydroxyl groups is 1. The fourth-order valence-corrected chi connectivity index (χ4v) is 4.87. The van der Waals surface area contributed by atoms with E-state index in [2.05, 4.69) is 0 Å². The Morgan fingerprint density at radius 1 is 0.906 bits per heavy atom. The molecule has 160 valence electrons. The monoisotopic (exact) mass is 449 g/mol. The highest BCUT2D eigenvalue weighted by Crippen LogP contribution is 2.46. The number of rotatable bonds is 3. The van der Waals surface area contributed by atoms with Gasteiger partial charge in [0.05, 0.1) is 5.57 Å². The smallest absolute Gasteiger partial charge is 0.300 e. The zero-order valence-corrected chi connectivity index (χ0v) is 17.3. The van der Waals surface area contributed by atoms with Gasteiger partial charge in [-0.1, -0.05) is 6.07 Å². The van der Waals surface area contributed by atoms with Crippen molar-refractivity contribution in [3.63, 3.8) is 0 Å². The summed E-state index contributed by atoms with van der Waals surface area (Å²) in [5.74, 6) is 0.302. The van der Waals surface area contributed by atoms with E-state index >= 15 is 0 Å². The average Bonchev–Trinajstić information content (AvgIpc) is 3.60. The first-order chi connectivity index (χ1) is 15.6. The lowest BCUT2D eigenvalue weighted by atomic mass is 9.99. The molecule has 3 aromatic rings. The minimum Gasteiger partial charge on any atom is -0.507 e. The molecule has 1 N–H and O–H groups in total. The number of carbonyl (C=O) groups excluding carboxylic acids is 2. The normalized spacial score (nSPS) is 20.2. The zero-order chi connectivity index (χ0) is 21.8. The van der Waals surface area contributed by atoms with Gasteiger partial charge in [-0.05, 0) is 41.8 Å². The molecule has 8 nitrogen and oxygen atoms in total. The van der Waals surface area contributed by atoms with Crippen LogP contribution < -0.4 is 23.8 Å². The van der Waals surface area contributed by atoms with Crippen LogP contribution in [-0.2, 0) is 9.59 Å². The molecule has 3 aliphatic rings. The van der Waals surface area contributed by atoms with Gasteiger partial charge >= 0.3 is 0 Å². The molecule has 2 aromatic carbocycles. The quantitative estimate of drug-likeness (QED) is 0.369. The molecule has 0 bridgehead atoms. The predicted octanol–water partition coefficient (Wildman–Crippen LogP) is 3.83. The van der Waals surface area contributed by atoms with Crippen LogP contribution in [0.5, 0.6) is 23.0 Å². The highest BCUT2D eigenvalue weighted by molar-refractivity contribution is 7.10. The van der Waals surface area contributed by atoms with Crippen molar-refractivity contribution in [3.05, 3.63) is 69.9 Å². The number of Topliss-reactive ketones (excluding diaryl/α,β-unsaturated/α-hetero) is 1. The van der Waals surface area contributed by atoms with E-state index in [9.17, 15) is 14.7 Å². The van der Waals surface area contributed by atoms with Gasteiger partial charge in [-0.3, -0.25) is 14.5 Å². The summed E-state index contributed by atoms with van der Waals surface area (Å²) < 4.78 is 21.5. The van der Waals surface area contributed by atoms with E-state index in [0.717, 1.165) is 4.88 Å².